The molecule has 0 amide bonds. The maximum atomic E-state index is 7.75. The van der Waals surface area contributed by atoms with Crippen LogP contribution in [0, 0.1) is 11.8 Å². The normalized spacial score (nSPS) is 13.2. The molecule has 0 atom stereocenters. The zero-order chi connectivity index (χ0) is 29.6. The standard InChI is InChI=1S/2C12H27OSi.2C4H9O.Zr/c2*1-4-7-10-14(13,11-8-5-2)12-9-6-3;2*1-4(2)3-5;/h2*4-12H2,1-3H3;2*4H,3H2,1-2H3;/q4*-1;+4. The Balaban J connectivity index is 6.90. The number of rotatable bonds is 28. The van der Waals surface area contributed by atoms with Crippen LogP contribution in [0.1, 0.15) is 146 Å². The van der Waals surface area contributed by atoms with Gasteiger partial charge in [-0.3, -0.25) is 0 Å². The molecular weight excluding hydrogens is 596 g/mol. The molecule has 0 aromatic heterocycles. The molecule has 236 valence electrons. The first kappa shape index (κ1) is 40.2. The molecule has 0 bridgehead atoms. The van der Waals surface area contributed by atoms with E-state index in [1.807, 2.05) is 0 Å². The van der Waals surface area contributed by atoms with E-state index in [1.165, 1.54) is 113 Å². The first-order valence-corrected chi connectivity index (χ1v) is 26.4. The SMILES string of the molecule is CCCC[Si](CCCC)(CCCC)[O][Zr]([O]CC(C)C)([O]CC(C)C)[O][Si](CCCC)(CCCC)CCCC. The average Bonchev–Trinajstić information content (AvgIpc) is 2.92. The summed E-state index contributed by atoms with van der Waals surface area (Å²) in [6.07, 6.45) is 14.8. The molecular formula is C32H72O4Si2Zr. The van der Waals surface area contributed by atoms with Crippen molar-refractivity contribution in [2.24, 2.45) is 11.8 Å². The molecule has 0 aromatic carbocycles. The van der Waals surface area contributed by atoms with Crippen molar-refractivity contribution in [3.8, 4) is 0 Å². The van der Waals surface area contributed by atoms with Crippen molar-refractivity contribution in [2.75, 3.05) is 13.2 Å². The molecule has 0 spiro atoms. The molecule has 0 unspecified atom stereocenters. The van der Waals surface area contributed by atoms with E-state index in [9.17, 15) is 0 Å². The van der Waals surface area contributed by atoms with Gasteiger partial charge in [0.1, 0.15) is 0 Å². The molecule has 0 aliphatic heterocycles. The summed E-state index contributed by atoms with van der Waals surface area (Å²) in [4.78, 5) is 0. The Kier molecular flexibility index (Phi) is 24.3. The Hall–Kier alpha value is 1.16. The molecule has 7 heteroatoms. The van der Waals surface area contributed by atoms with Crippen LogP contribution in [0.2, 0.25) is 36.3 Å². The Labute approximate surface area is 255 Å². The van der Waals surface area contributed by atoms with Crippen molar-refractivity contribution in [2.45, 2.75) is 183 Å². The van der Waals surface area contributed by atoms with Crippen LogP contribution >= 0.6 is 0 Å². The van der Waals surface area contributed by atoms with Crippen LogP contribution < -0.4 is 0 Å². The molecule has 0 fully saturated rings. The molecule has 0 aromatic rings. The van der Waals surface area contributed by atoms with Crippen molar-refractivity contribution < 1.29 is 32.7 Å². The molecule has 0 rings (SSSR count). The third kappa shape index (κ3) is 17.8. The van der Waals surface area contributed by atoms with Gasteiger partial charge in [0, 0.05) is 0 Å². The van der Waals surface area contributed by atoms with Crippen LogP contribution in [0.4, 0.5) is 0 Å². The number of hydrogen-bond donors (Lipinski definition) is 0. The molecule has 0 saturated carbocycles. The van der Waals surface area contributed by atoms with Crippen molar-refractivity contribution in [3.05, 3.63) is 0 Å². The van der Waals surface area contributed by atoms with Crippen LogP contribution in [-0.2, 0) is 32.7 Å². The monoisotopic (exact) mass is 666 g/mol. The van der Waals surface area contributed by atoms with Gasteiger partial charge in [-0.1, -0.05) is 0 Å². The fraction of sp³-hybridized carbons (Fsp3) is 1.00. The minimum absolute atomic E-state index is 0.437. The first-order valence-electron chi connectivity index (χ1n) is 17.3. The average molecular weight is 668 g/mol. The third-order valence-electron chi connectivity index (χ3n) is 7.79. The van der Waals surface area contributed by atoms with E-state index in [0.29, 0.717) is 25.0 Å². The second-order valence-electron chi connectivity index (χ2n) is 13.1. The van der Waals surface area contributed by atoms with Gasteiger partial charge in [-0.15, -0.1) is 0 Å². The van der Waals surface area contributed by atoms with Gasteiger partial charge in [-0.2, -0.15) is 0 Å². The Morgan fingerprint density at radius 2 is 0.667 bits per heavy atom. The zero-order valence-electron chi connectivity index (χ0n) is 28.4. The summed E-state index contributed by atoms with van der Waals surface area (Å²) < 4.78 is 29.6. The fourth-order valence-corrected chi connectivity index (χ4v) is 32.7. The topological polar surface area (TPSA) is 36.9 Å². The molecule has 0 N–H and O–H groups in total. The molecule has 0 radical (unpaired) electrons. The Bertz CT molecular complexity index is 471. The van der Waals surface area contributed by atoms with Gasteiger partial charge in [-0.25, -0.2) is 0 Å². The molecule has 4 nitrogen and oxygen atoms in total. The summed E-state index contributed by atoms with van der Waals surface area (Å²) >= 11 is -4.40. The first-order chi connectivity index (χ1) is 18.6. The van der Waals surface area contributed by atoms with Crippen LogP contribution in [0.15, 0.2) is 0 Å². The number of unbranched alkanes of at least 4 members (excludes halogenated alkanes) is 6. The van der Waals surface area contributed by atoms with Crippen LogP contribution in [0.5, 0.6) is 0 Å². The van der Waals surface area contributed by atoms with Gasteiger partial charge in [0.15, 0.2) is 0 Å². The van der Waals surface area contributed by atoms with Gasteiger partial charge >= 0.3 is 257 Å². The third-order valence-corrected chi connectivity index (χ3v) is 29.4. The summed E-state index contributed by atoms with van der Waals surface area (Å²) in [5.74, 6) is 0.874. The summed E-state index contributed by atoms with van der Waals surface area (Å²) in [5.41, 5.74) is 0. The van der Waals surface area contributed by atoms with E-state index < -0.39 is 38.7 Å². The molecule has 0 heterocycles. The van der Waals surface area contributed by atoms with Crippen molar-refractivity contribution in [1.29, 1.82) is 0 Å². The predicted octanol–water partition coefficient (Wildman–Crippen LogP) is 11.9. The second kappa shape index (κ2) is 23.6. The van der Waals surface area contributed by atoms with Crippen LogP contribution in [-0.4, -0.2) is 29.8 Å². The summed E-state index contributed by atoms with van der Waals surface area (Å²) in [5, 5.41) is 0. The maximum absolute atomic E-state index is 7.75. The minimum atomic E-state index is -4.40. The van der Waals surface area contributed by atoms with E-state index >= 15 is 0 Å². The van der Waals surface area contributed by atoms with E-state index in [1.54, 1.807) is 0 Å². The Morgan fingerprint density at radius 1 is 0.436 bits per heavy atom. The van der Waals surface area contributed by atoms with Gasteiger partial charge in [0.05, 0.1) is 0 Å². The molecule has 0 saturated heterocycles. The quantitative estimate of drug-likeness (QED) is 0.0778. The van der Waals surface area contributed by atoms with Gasteiger partial charge in [0.2, 0.25) is 0 Å². The van der Waals surface area contributed by atoms with Crippen molar-refractivity contribution in [3.63, 3.8) is 0 Å². The summed E-state index contributed by atoms with van der Waals surface area (Å²) in [7, 11) is -4.18. The number of hydrogen-bond acceptors (Lipinski definition) is 4. The second-order valence-corrected chi connectivity index (χ2v) is 28.1. The van der Waals surface area contributed by atoms with Gasteiger partial charge in [-0.05, 0) is 0 Å². The van der Waals surface area contributed by atoms with E-state index in [2.05, 4.69) is 69.2 Å². The van der Waals surface area contributed by atoms with Gasteiger partial charge < -0.3 is 0 Å². The molecule has 0 aliphatic carbocycles. The van der Waals surface area contributed by atoms with E-state index in [4.69, 9.17) is 10.6 Å². The predicted molar refractivity (Wildman–Crippen MR) is 174 cm³/mol. The Morgan fingerprint density at radius 3 is 0.846 bits per heavy atom. The fourth-order valence-electron chi connectivity index (χ4n) is 5.30. The molecule has 0 aliphatic rings. The van der Waals surface area contributed by atoms with Crippen molar-refractivity contribution in [1.82, 2.24) is 0 Å². The van der Waals surface area contributed by atoms with Gasteiger partial charge in [0.25, 0.3) is 0 Å². The molecule has 39 heavy (non-hydrogen) atoms. The van der Waals surface area contributed by atoms with Crippen LogP contribution in [0.25, 0.3) is 0 Å². The zero-order valence-corrected chi connectivity index (χ0v) is 32.9. The van der Waals surface area contributed by atoms with E-state index in [0.717, 1.165) is 0 Å². The summed E-state index contributed by atoms with van der Waals surface area (Å²) in [6, 6.07) is 7.39. The van der Waals surface area contributed by atoms with Crippen LogP contribution in [0.3, 0.4) is 0 Å². The van der Waals surface area contributed by atoms with Crippen molar-refractivity contribution >= 4 is 16.6 Å². The summed E-state index contributed by atoms with van der Waals surface area (Å²) in [6.45, 7) is 24.4. The van der Waals surface area contributed by atoms with E-state index in [-0.39, 0.29) is 0 Å².